The van der Waals surface area contributed by atoms with E-state index in [9.17, 15) is 17.2 Å². The van der Waals surface area contributed by atoms with Gasteiger partial charge < -0.3 is 4.57 Å². The van der Waals surface area contributed by atoms with Gasteiger partial charge in [0.1, 0.15) is 4.90 Å². The first-order valence-corrected chi connectivity index (χ1v) is 6.34. The SMILES string of the molecule is Cn1ccc2cc(S(C)(=O)=O)c(F)c(F)c21. The smallest absolute Gasteiger partial charge is 0.184 e. The molecule has 0 amide bonds. The van der Waals surface area contributed by atoms with Gasteiger partial charge in [-0.1, -0.05) is 0 Å². The lowest BCUT2D eigenvalue weighted by Gasteiger charge is -2.04. The van der Waals surface area contributed by atoms with Crippen molar-refractivity contribution in [3.05, 3.63) is 30.0 Å². The van der Waals surface area contributed by atoms with E-state index in [0.717, 1.165) is 12.3 Å². The van der Waals surface area contributed by atoms with Crippen LogP contribution in [0, 0.1) is 11.6 Å². The fraction of sp³-hybridized carbons (Fsp3) is 0.200. The van der Waals surface area contributed by atoms with Gasteiger partial charge in [0.2, 0.25) is 0 Å². The number of sulfone groups is 1. The van der Waals surface area contributed by atoms with Gasteiger partial charge in [-0.3, -0.25) is 0 Å². The second-order valence-electron chi connectivity index (χ2n) is 3.64. The van der Waals surface area contributed by atoms with Gasteiger partial charge >= 0.3 is 0 Å². The zero-order valence-electron chi connectivity index (χ0n) is 8.66. The van der Waals surface area contributed by atoms with Crippen LogP contribution in [0.3, 0.4) is 0 Å². The predicted octanol–water partition coefficient (Wildman–Crippen LogP) is 1.86. The summed E-state index contributed by atoms with van der Waals surface area (Å²) in [4.78, 5) is -0.608. The third-order valence-electron chi connectivity index (χ3n) is 2.41. The topological polar surface area (TPSA) is 39.1 Å². The molecule has 0 N–H and O–H groups in total. The molecule has 0 aliphatic heterocycles. The number of rotatable bonds is 1. The fourth-order valence-electron chi connectivity index (χ4n) is 1.63. The van der Waals surface area contributed by atoms with Crippen molar-refractivity contribution in [2.75, 3.05) is 6.26 Å². The Kier molecular flexibility index (Phi) is 2.27. The van der Waals surface area contributed by atoms with Crippen LogP contribution in [0.5, 0.6) is 0 Å². The van der Waals surface area contributed by atoms with Crippen LogP contribution in [-0.4, -0.2) is 19.2 Å². The van der Waals surface area contributed by atoms with Gasteiger partial charge in [-0.2, -0.15) is 0 Å². The molecule has 1 aromatic heterocycles. The minimum absolute atomic E-state index is 0.0601. The fourth-order valence-corrected chi connectivity index (χ4v) is 2.39. The standard InChI is InChI=1S/C10H9F2NO2S/c1-13-4-3-6-5-7(16(2,14)15)8(11)9(12)10(6)13/h3-5H,1-2H3. The summed E-state index contributed by atoms with van der Waals surface area (Å²) < 4.78 is 51.0. The summed E-state index contributed by atoms with van der Waals surface area (Å²) in [6.07, 6.45) is 2.39. The molecular formula is C10H9F2NO2S. The number of benzene rings is 1. The van der Waals surface area contributed by atoms with Crippen LogP contribution in [0.1, 0.15) is 0 Å². The maximum absolute atomic E-state index is 13.6. The first-order valence-electron chi connectivity index (χ1n) is 4.45. The van der Waals surface area contributed by atoms with Gasteiger partial charge in [0.05, 0.1) is 5.52 Å². The van der Waals surface area contributed by atoms with E-state index in [1.807, 2.05) is 0 Å². The summed E-state index contributed by atoms with van der Waals surface area (Å²) >= 11 is 0. The second-order valence-corrected chi connectivity index (χ2v) is 5.62. The van der Waals surface area contributed by atoms with Crippen LogP contribution in [-0.2, 0) is 16.9 Å². The molecule has 1 aromatic carbocycles. The van der Waals surface area contributed by atoms with Gasteiger partial charge in [0, 0.05) is 24.9 Å². The van der Waals surface area contributed by atoms with Crippen LogP contribution in [0.25, 0.3) is 10.9 Å². The molecule has 0 spiro atoms. The van der Waals surface area contributed by atoms with Gasteiger partial charge in [-0.05, 0) is 12.1 Å². The van der Waals surface area contributed by atoms with Crippen molar-refractivity contribution >= 4 is 20.7 Å². The molecule has 1 heterocycles. The highest BCUT2D eigenvalue weighted by atomic mass is 32.2. The summed E-state index contributed by atoms with van der Waals surface area (Å²) in [6.45, 7) is 0. The molecular weight excluding hydrogens is 236 g/mol. The maximum atomic E-state index is 13.6. The lowest BCUT2D eigenvalue weighted by atomic mass is 10.2. The Hall–Kier alpha value is -1.43. The van der Waals surface area contributed by atoms with Crippen molar-refractivity contribution in [3.63, 3.8) is 0 Å². The number of fused-ring (bicyclic) bond motifs is 1. The van der Waals surface area contributed by atoms with Crippen LogP contribution in [0.4, 0.5) is 8.78 Å². The van der Waals surface area contributed by atoms with E-state index in [4.69, 9.17) is 0 Å². The number of hydrogen-bond donors (Lipinski definition) is 0. The summed E-state index contributed by atoms with van der Waals surface area (Å²) in [5.41, 5.74) is 0.0601. The molecule has 16 heavy (non-hydrogen) atoms. The summed E-state index contributed by atoms with van der Waals surface area (Å²) in [7, 11) is -2.20. The number of aromatic nitrogens is 1. The predicted molar refractivity (Wildman–Crippen MR) is 55.9 cm³/mol. The quantitative estimate of drug-likeness (QED) is 0.769. The molecule has 6 heteroatoms. The van der Waals surface area contributed by atoms with Crippen LogP contribution in [0.15, 0.2) is 23.2 Å². The molecule has 3 nitrogen and oxygen atoms in total. The van der Waals surface area contributed by atoms with E-state index >= 15 is 0 Å². The largest absolute Gasteiger partial charge is 0.348 e. The average molecular weight is 245 g/mol. The highest BCUT2D eigenvalue weighted by molar-refractivity contribution is 7.90. The maximum Gasteiger partial charge on any atom is 0.184 e. The molecule has 2 rings (SSSR count). The molecule has 86 valence electrons. The Balaban J connectivity index is 2.97. The van der Waals surface area contributed by atoms with Crippen LogP contribution < -0.4 is 0 Å². The number of halogens is 2. The van der Waals surface area contributed by atoms with Gasteiger partial charge in [0.25, 0.3) is 0 Å². The minimum atomic E-state index is -3.76. The van der Waals surface area contributed by atoms with Crippen molar-refractivity contribution in [1.82, 2.24) is 4.57 Å². The van der Waals surface area contributed by atoms with E-state index in [2.05, 4.69) is 0 Å². The average Bonchev–Trinajstić information content (AvgIpc) is 2.52. The summed E-state index contributed by atoms with van der Waals surface area (Å²) in [5, 5.41) is 0.363. The van der Waals surface area contributed by atoms with E-state index in [-0.39, 0.29) is 5.52 Å². The number of aryl methyl sites for hydroxylation is 1. The molecule has 0 radical (unpaired) electrons. The second kappa shape index (κ2) is 3.28. The Bertz CT molecular complexity index is 674. The first kappa shape index (κ1) is 11.1. The third-order valence-corrected chi connectivity index (χ3v) is 3.50. The Morgan fingerprint density at radius 1 is 1.25 bits per heavy atom. The van der Waals surface area contributed by atoms with Crippen molar-refractivity contribution in [2.45, 2.75) is 4.90 Å². The molecule has 0 saturated carbocycles. The zero-order valence-corrected chi connectivity index (χ0v) is 9.48. The monoisotopic (exact) mass is 245 g/mol. The molecule has 0 fully saturated rings. The van der Waals surface area contributed by atoms with E-state index in [1.165, 1.54) is 10.6 Å². The first-order chi connectivity index (χ1) is 7.32. The van der Waals surface area contributed by atoms with Crippen LogP contribution in [0.2, 0.25) is 0 Å². The molecule has 0 bridgehead atoms. The van der Waals surface area contributed by atoms with Crippen LogP contribution >= 0.6 is 0 Å². The van der Waals surface area contributed by atoms with Crippen molar-refractivity contribution in [2.24, 2.45) is 7.05 Å². The number of nitrogens with zero attached hydrogens (tertiary/aromatic N) is 1. The molecule has 0 aliphatic rings. The van der Waals surface area contributed by atoms with E-state index in [1.54, 1.807) is 13.2 Å². The number of hydrogen-bond acceptors (Lipinski definition) is 2. The molecule has 2 aromatic rings. The molecule has 0 saturated heterocycles. The Morgan fingerprint density at radius 2 is 1.88 bits per heavy atom. The Morgan fingerprint density at radius 3 is 2.44 bits per heavy atom. The van der Waals surface area contributed by atoms with Gasteiger partial charge in [-0.15, -0.1) is 0 Å². The van der Waals surface area contributed by atoms with Crippen molar-refractivity contribution in [3.8, 4) is 0 Å². The lowest BCUT2D eigenvalue weighted by Crippen LogP contribution is -2.04. The van der Waals surface area contributed by atoms with Gasteiger partial charge in [-0.25, -0.2) is 17.2 Å². The van der Waals surface area contributed by atoms with Crippen molar-refractivity contribution < 1.29 is 17.2 Å². The lowest BCUT2D eigenvalue weighted by molar-refractivity contribution is 0.490. The van der Waals surface area contributed by atoms with Crippen molar-refractivity contribution in [1.29, 1.82) is 0 Å². The zero-order chi connectivity index (χ0) is 12.1. The third kappa shape index (κ3) is 1.49. The highest BCUT2D eigenvalue weighted by Crippen LogP contribution is 2.26. The van der Waals surface area contributed by atoms with E-state index in [0.29, 0.717) is 5.39 Å². The highest BCUT2D eigenvalue weighted by Gasteiger charge is 2.21. The molecule has 0 atom stereocenters. The molecule has 0 aliphatic carbocycles. The van der Waals surface area contributed by atoms with E-state index < -0.39 is 26.4 Å². The molecule has 0 unspecified atom stereocenters. The minimum Gasteiger partial charge on any atom is -0.348 e. The normalized spacial score (nSPS) is 12.2. The summed E-state index contributed by atoms with van der Waals surface area (Å²) in [5.74, 6) is -2.46. The van der Waals surface area contributed by atoms with Gasteiger partial charge in [0.15, 0.2) is 21.5 Å². The Labute approximate surface area is 91.2 Å². The summed E-state index contributed by atoms with van der Waals surface area (Å²) in [6, 6.07) is 2.68.